The van der Waals surface area contributed by atoms with Gasteiger partial charge < -0.3 is 14.6 Å². The first-order valence-electron chi connectivity index (χ1n) is 23.0. The number of rotatable bonds is 42. The zero-order valence-corrected chi connectivity index (χ0v) is 35.3. The molecule has 0 aromatic carbocycles. The van der Waals surface area contributed by atoms with Gasteiger partial charge in [-0.15, -0.1) is 0 Å². The van der Waals surface area contributed by atoms with Gasteiger partial charge in [-0.1, -0.05) is 192 Å². The smallest absolute Gasteiger partial charge is 0.306 e. The summed E-state index contributed by atoms with van der Waals surface area (Å²) in [5, 5.41) is 9.58. The van der Waals surface area contributed by atoms with Gasteiger partial charge in [0.1, 0.15) is 6.61 Å². The van der Waals surface area contributed by atoms with Crippen LogP contribution in [0, 0.1) is 0 Å². The molecular formula is C48H88O5. The molecule has 1 atom stereocenters. The largest absolute Gasteiger partial charge is 0.462 e. The minimum Gasteiger partial charge on any atom is -0.462 e. The van der Waals surface area contributed by atoms with Gasteiger partial charge in [0.2, 0.25) is 0 Å². The highest BCUT2D eigenvalue weighted by Crippen LogP contribution is 2.15. The lowest BCUT2D eigenvalue weighted by Gasteiger charge is -2.15. The van der Waals surface area contributed by atoms with Gasteiger partial charge in [0, 0.05) is 12.8 Å². The maximum Gasteiger partial charge on any atom is 0.306 e. The summed E-state index contributed by atoms with van der Waals surface area (Å²) in [4.78, 5) is 24.3. The Balaban J connectivity index is 3.49. The van der Waals surface area contributed by atoms with E-state index >= 15 is 0 Å². The fraction of sp³-hybridized carbons (Fsp3) is 0.833. The van der Waals surface area contributed by atoms with E-state index < -0.39 is 6.10 Å². The number of hydrogen-bond donors (Lipinski definition) is 1. The third-order valence-corrected chi connectivity index (χ3v) is 10.2. The molecule has 5 nitrogen and oxygen atoms in total. The van der Waals surface area contributed by atoms with Gasteiger partial charge in [0.05, 0.1) is 6.61 Å². The van der Waals surface area contributed by atoms with Crippen LogP contribution in [-0.2, 0) is 19.1 Å². The molecular weight excluding hydrogens is 657 g/mol. The van der Waals surface area contributed by atoms with Gasteiger partial charge in [-0.2, -0.15) is 0 Å². The molecule has 0 rings (SSSR count). The standard InChI is InChI=1S/C48H88O5/c1-3-5-7-9-11-13-15-17-19-20-21-22-23-24-25-26-27-28-29-31-33-35-37-39-41-43-48(51)53-46(44-49)45-52-47(50)42-40-38-36-34-32-30-18-16-14-12-10-8-6-4-2/h15-18,20-21,46,49H,3-14,19,22-45H2,1-2H3/b17-15-,18-16-,21-20-. The number of ether oxygens (including phenoxy) is 2. The van der Waals surface area contributed by atoms with Gasteiger partial charge in [0.15, 0.2) is 6.10 Å². The van der Waals surface area contributed by atoms with E-state index in [1.807, 2.05) is 0 Å². The Labute approximate surface area is 329 Å². The van der Waals surface area contributed by atoms with E-state index in [9.17, 15) is 14.7 Å². The highest BCUT2D eigenvalue weighted by atomic mass is 16.6. The summed E-state index contributed by atoms with van der Waals surface area (Å²) in [7, 11) is 0. The lowest BCUT2D eigenvalue weighted by molar-refractivity contribution is -0.161. The Morgan fingerprint density at radius 1 is 0.434 bits per heavy atom. The molecule has 0 spiro atoms. The third-order valence-electron chi connectivity index (χ3n) is 10.2. The van der Waals surface area contributed by atoms with E-state index in [0.29, 0.717) is 12.8 Å². The summed E-state index contributed by atoms with van der Waals surface area (Å²) >= 11 is 0. The summed E-state index contributed by atoms with van der Waals surface area (Å²) in [5.74, 6) is -0.595. The van der Waals surface area contributed by atoms with Crippen molar-refractivity contribution in [1.29, 1.82) is 0 Å². The van der Waals surface area contributed by atoms with Crippen molar-refractivity contribution in [2.24, 2.45) is 0 Å². The minimum atomic E-state index is -0.773. The van der Waals surface area contributed by atoms with Crippen molar-refractivity contribution in [2.45, 2.75) is 245 Å². The van der Waals surface area contributed by atoms with Gasteiger partial charge in [-0.3, -0.25) is 9.59 Å². The zero-order valence-electron chi connectivity index (χ0n) is 35.3. The van der Waals surface area contributed by atoms with Crippen molar-refractivity contribution < 1.29 is 24.2 Å². The van der Waals surface area contributed by atoms with Crippen LogP contribution in [0.3, 0.4) is 0 Å². The van der Waals surface area contributed by atoms with Crippen LogP contribution in [0.4, 0.5) is 0 Å². The zero-order chi connectivity index (χ0) is 38.6. The predicted octanol–water partition coefficient (Wildman–Crippen LogP) is 14.8. The van der Waals surface area contributed by atoms with Crippen molar-refractivity contribution in [3.63, 3.8) is 0 Å². The molecule has 0 bridgehead atoms. The predicted molar refractivity (Wildman–Crippen MR) is 228 cm³/mol. The molecule has 5 heteroatoms. The number of carbonyl (C=O) groups is 2. The first-order chi connectivity index (χ1) is 26.1. The van der Waals surface area contributed by atoms with E-state index in [0.717, 1.165) is 51.4 Å². The summed E-state index contributed by atoms with van der Waals surface area (Å²) in [6.07, 6.45) is 55.1. The SMILES string of the molecule is CCCCCCC/C=C\C/C=C\CCCCCCCCCCCCCCCC(=O)OC(CO)COC(=O)CCCCCCC/C=C\CCCCCCC. The summed E-state index contributed by atoms with van der Waals surface area (Å²) < 4.78 is 10.6. The summed E-state index contributed by atoms with van der Waals surface area (Å²) in [6, 6.07) is 0. The summed E-state index contributed by atoms with van der Waals surface area (Å²) in [5.41, 5.74) is 0. The molecule has 0 aliphatic rings. The van der Waals surface area contributed by atoms with E-state index in [-0.39, 0.29) is 25.2 Å². The van der Waals surface area contributed by atoms with Gasteiger partial charge >= 0.3 is 11.9 Å². The van der Waals surface area contributed by atoms with Gasteiger partial charge in [-0.05, 0) is 70.6 Å². The Morgan fingerprint density at radius 2 is 0.755 bits per heavy atom. The number of esters is 2. The molecule has 0 amide bonds. The van der Waals surface area contributed by atoms with Crippen molar-refractivity contribution in [3.8, 4) is 0 Å². The molecule has 0 saturated heterocycles. The number of hydrogen-bond acceptors (Lipinski definition) is 5. The van der Waals surface area contributed by atoms with Gasteiger partial charge in [0.25, 0.3) is 0 Å². The van der Waals surface area contributed by atoms with Crippen molar-refractivity contribution in [2.75, 3.05) is 13.2 Å². The van der Waals surface area contributed by atoms with Crippen LogP contribution in [0.15, 0.2) is 36.5 Å². The lowest BCUT2D eigenvalue weighted by atomic mass is 10.0. The normalized spacial score (nSPS) is 12.4. The Kier molecular flexibility index (Phi) is 42.9. The third kappa shape index (κ3) is 42.7. The Hall–Kier alpha value is -1.88. The second-order valence-electron chi connectivity index (χ2n) is 15.5. The van der Waals surface area contributed by atoms with Crippen molar-refractivity contribution in [3.05, 3.63) is 36.5 Å². The molecule has 0 aliphatic heterocycles. The molecule has 0 aromatic heterocycles. The highest BCUT2D eigenvalue weighted by molar-refractivity contribution is 5.70. The molecule has 310 valence electrons. The molecule has 0 aliphatic carbocycles. The quantitative estimate of drug-likeness (QED) is 0.0383. The Bertz CT molecular complexity index is 847. The number of unbranched alkanes of at least 4 members (excludes halogenated alkanes) is 28. The minimum absolute atomic E-state index is 0.0682. The van der Waals surface area contributed by atoms with Crippen LogP contribution >= 0.6 is 0 Å². The second-order valence-corrected chi connectivity index (χ2v) is 15.5. The van der Waals surface area contributed by atoms with Crippen LogP contribution < -0.4 is 0 Å². The number of allylic oxidation sites excluding steroid dienone is 6. The molecule has 1 unspecified atom stereocenters. The molecule has 0 heterocycles. The molecule has 1 N–H and O–H groups in total. The van der Waals surface area contributed by atoms with E-state index in [1.165, 1.54) is 161 Å². The number of aliphatic hydroxyl groups excluding tert-OH is 1. The van der Waals surface area contributed by atoms with Crippen LogP contribution in [0.1, 0.15) is 239 Å². The lowest BCUT2D eigenvalue weighted by Crippen LogP contribution is -2.28. The highest BCUT2D eigenvalue weighted by Gasteiger charge is 2.16. The molecule has 0 saturated carbocycles. The number of aliphatic hydroxyl groups is 1. The fourth-order valence-corrected chi connectivity index (χ4v) is 6.64. The average Bonchev–Trinajstić information content (AvgIpc) is 3.16. The fourth-order valence-electron chi connectivity index (χ4n) is 6.64. The van der Waals surface area contributed by atoms with Gasteiger partial charge in [-0.25, -0.2) is 0 Å². The molecule has 0 radical (unpaired) electrons. The molecule has 0 fully saturated rings. The Morgan fingerprint density at radius 3 is 1.13 bits per heavy atom. The van der Waals surface area contributed by atoms with E-state index in [1.54, 1.807) is 0 Å². The van der Waals surface area contributed by atoms with Crippen LogP contribution in [0.5, 0.6) is 0 Å². The van der Waals surface area contributed by atoms with Crippen LogP contribution in [-0.4, -0.2) is 36.4 Å². The maximum atomic E-state index is 12.2. The van der Waals surface area contributed by atoms with Crippen molar-refractivity contribution in [1.82, 2.24) is 0 Å². The summed E-state index contributed by atoms with van der Waals surface area (Å²) in [6.45, 7) is 4.13. The number of carbonyl (C=O) groups excluding carboxylic acids is 2. The first kappa shape index (κ1) is 51.1. The topological polar surface area (TPSA) is 72.8 Å². The molecule has 0 aromatic rings. The van der Waals surface area contributed by atoms with E-state index in [2.05, 4.69) is 50.3 Å². The molecule has 53 heavy (non-hydrogen) atoms. The van der Waals surface area contributed by atoms with Crippen LogP contribution in [0.2, 0.25) is 0 Å². The second kappa shape index (κ2) is 44.5. The first-order valence-corrected chi connectivity index (χ1v) is 23.0. The monoisotopic (exact) mass is 745 g/mol. The maximum absolute atomic E-state index is 12.2. The van der Waals surface area contributed by atoms with Crippen molar-refractivity contribution >= 4 is 11.9 Å². The van der Waals surface area contributed by atoms with E-state index in [4.69, 9.17) is 9.47 Å². The average molecular weight is 745 g/mol. The van der Waals surface area contributed by atoms with Crippen LogP contribution in [0.25, 0.3) is 0 Å².